The van der Waals surface area contributed by atoms with Crippen LogP contribution in [0, 0.1) is 13.8 Å². The maximum absolute atomic E-state index is 4.65. The topological polar surface area (TPSA) is 55.1 Å². The van der Waals surface area contributed by atoms with Crippen molar-refractivity contribution in [2.45, 2.75) is 13.8 Å². The molecule has 0 amide bonds. The number of nitrogens with one attached hydrogen (secondary N) is 1. The van der Waals surface area contributed by atoms with Crippen molar-refractivity contribution in [2.24, 2.45) is 0 Å². The highest BCUT2D eigenvalue weighted by Crippen LogP contribution is 2.26. The van der Waals surface area contributed by atoms with E-state index in [0.29, 0.717) is 5.95 Å². The van der Waals surface area contributed by atoms with Crippen LogP contribution in [-0.2, 0) is 0 Å². The van der Waals surface area contributed by atoms with E-state index in [1.54, 1.807) is 17.5 Å². The molecular weight excluding hydrogens is 306 g/mol. The number of aromatic nitrogens is 4. The molecule has 6 heteroatoms. The van der Waals surface area contributed by atoms with Gasteiger partial charge in [-0.15, -0.1) is 11.3 Å². The fourth-order valence-corrected chi connectivity index (χ4v) is 3.35. The van der Waals surface area contributed by atoms with Crippen LogP contribution in [0.3, 0.4) is 0 Å². The molecule has 0 spiro atoms. The summed E-state index contributed by atoms with van der Waals surface area (Å²) in [5.41, 5.74) is 3.72. The predicted octanol–water partition coefficient (Wildman–Crippen LogP) is 4.21. The number of rotatable bonds is 3. The molecule has 4 aromatic heterocycles. The number of hydrogen-bond acceptors (Lipinski definition) is 5. The van der Waals surface area contributed by atoms with Crippen molar-refractivity contribution in [1.82, 2.24) is 19.4 Å². The average Bonchev–Trinajstić information content (AvgIpc) is 3.09. The minimum atomic E-state index is 0.592. The minimum Gasteiger partial charge on any atom is -0.316 e. The Morgan fingerprint density at radius 2 is 1.96 bits per heavy atom. The van der Waals surface area contributed by atoms with Gasteiger partial charge in [0.25, 0.3) is 0 Å². The Morgan fingerprint density at radius 3 is 2.78 bits per heavy atom. The van der Waals surface area contributed by atoms with E-state index in [2.05, 4.69) is 37.7 Å². The lowest BCUT2D eigenvalue weighted by molar-refractivity contribution is 1.12. The van der Waals surface area contributed by atoms with Gasteiger partial charge in [-0.2, -0.15) is 0 Å². The summed E-state index contributed by atoms with van der Waals surface area (Å²) in [5, 5.41) is 4.30. The smallest absolute Gasteiger partial charge is 0.228 e. The molecule has 0 saturated carbocycles. The van der Waals surface area contributed by atoms with E-state index in [1.807, 2.05) is 43.5 Å². The van der Waals surface area contributed by atoms with Crippen molar-refractivity contribution in [3.63, 3.8) is 0 Å². The van der Waals surface area contributed by atoms with Crippen LogP contribution in [0.1, 0.15) is 10.6 Å². The van der Waals surface area contributed by atoms with Gasteiger partial charge in [-0.1, -0.05) is 6.07 Å². The van der Waals surface area contributed by atoms with Crippen molar-refractivity contribution >= 4 is 27.9 Å². The monoisotopic (exact) mass is 321 g/mol. The average molecular weight is 321 g/mol. The molecule has 0 bridgehead atoms. The number of anilines is 2. The third kappa shape index (κ3) is 2.57. The van der Waals surface area contributed by atoms with Crippen LogP contribution < -0.4 is 5.32 Å². The molecule has 0 aliphatic carbocycles. The standard InChI is InChI=1S/C17H15N5S/c1-11-6-7-15(23-11)21-17-18-9-8-13(20-17)16-12(2)19-14-5-3-4-10-22(14)16/h3-10H,1-2H3,(H,18,20,21). The fourth-order valence-electron chi connectivity index (χ4n) is 2.58. The summed E-state index contributed by atoms with van der Waals surface area (Å²) < 4.78 is 2.05. The van der Waals surface area contributed by atoms with Gasteiger partial charge in [-0.3, -0.25) is 4.40 Å². The Morgan fingerprint density at radius 1 is 1.04 bits per heavy atom. The molecule has 0 atom stereocenters. The van der Waals surface area contributed by atoms with Crippen LogP contribution in [0.25, 0.3) is 17.0 Å². The molecule has 4 heterocycles. The highest BCUT2D eigenvalue weighted by molar-refractivity contribution is 7.16. The minimum absolute atomic E-state index is 0.592. The maximum atomic E-state index is 4.65. The van der Waals surface area contributed by atoms with E-state index in [1.165, 1.54) is 4.88 Å². The summed E-state index contributed by atoms with van der Waals surface area (Å²) in [5.74, 6) is 0.592. The molecule has 0 aliphatic heterocycles. The van der Waals surface area contributed by atoms with Crippen LogP contribution >= 0.6 is 11.3 Å². The van der Waals surface area contributed by atoms with Crippen molar-refractivity contribution < 1.29 is 0 Å². The molecule has 114 valence electrons. The second-order valence-electron chi connectivity index (χ2n) is 5.28. The van der Waals surface area contributed by atoms with Gasteiger partial charge in [0, 0.05) is 17.3 Å². The number of hydrogen-bond donors (Lipinski definition) is 1. The van der Waals surface area contributed by atoms with E-state index in [9.17, 15) is 0 Å². The van der Waals surface area contributed by atoms with Gasteiger partial charge in [-0.25, -0.2) is 15.0 Å². The Labute approximate surface area is 137 Å². The van der Waals surface area contributed by atoms with Crippen molar-refractivity contribution in [3.8, 4) is 11.4 Å². The summed E-state index contributed by atoms with van der Waals surface area (Å²) in [7, 11) is 0. The SMILES string of the molecule is Cc1ccc(Nc2nccc(-c3c(C)nc4ccccn34)n2)s1. The van der Waals surface area contributed by atoms with Crippen molar-refractivity contribution in [3.05, 3.63) is 59.4 Å². The third-order valence-electron chi connectivity index (χ3n) is 3.58. The van der Waals surface area contributed by atoms with Gasteiger partial charge in [-0.05, 0) is 44.2 Å². The molecule has 1 N–H and O–H groups in total. The van der Waals surface area contributed by atoms with Crippen LogP contribution in [0.15, 0.2) is 48.8 Å². The first-order valence-electron chi connectivity index (χ1n) is 7.31. The summed E-state index contributed by atoms with van der Waals surface area (Å²) >= 11 is 1.68. The van der Waals surface area contributed by atoms with Crippen molar-refractivity contribution in [2.75, 3.05) is 5.32 Å². The first-order valence-corrected chi connectivity index (χ1v) is 8.13. The number of fused-ring (bicyclic) bond motifs is 1. The lowest BCUT2D eigenvalue weighted by Gasteiger charge is -2.06. The molecule has 0 unspecified atom stereocenters. The van der Waals surface area contributed by atoms with E-state index in [0.717, 1.165) is 27.7 Å². The quantitative estimate of drug-likeness (QED) is 0.614. The molecule has 0 aromatic carbocycles. The summed E-state index contributed by atoms with van der Waals surface area (Å²) in [6.45, 7) is 4.08. The van der Waals surface area contributed by atoms with E-state index < -0.39 is 0 Å². The first-order chi connectivity index (χ1) is 11.2. The molecule has 23 heavy (non-hydrogen) atoms. The van der Waals surface area contributed by atoms with Gasteiger partial charge < -0.3 is 5.32 Å². The molecule has 4 rings (SSSR count). The van der Waals surface area contributed by atoms with Crippen molar-refractivity contribution in [1.29, 1.82) is 0 Å². The van der Waals surface area contributed by atoms with Gasteiger partial charge in [0.2, 0.25) is 5.95 Å². The van der Waals surface area contributed by atoms with Crippen LogP contribution in [0.2, 0.25) is 0 Å². The van der Waals surface area contributed by atoms with Crippen LogP contribution in [0.5, 0.6) is 0 Å². The van der Waals surface area contributed by atoms with Gasteiger partial charge in [0.1, 0.15) is 5.65 Å². The van der Waals surface area contributed by atoms with Crippen LogP contribution in [0.4, 0.5) is 10.9 Å². The molecule has 0 fully saturated rings. The van der Waals surface area contributed by atoms with E-state index >= 15 is 0 Å². The lowest BCUT2D eigenvalue weighted by Crippen LogP contribution is -1.98. The molecule has 0 aliphatic rings. The normalized spacial score (nSPS) is 11.0. The fraction of sp³-hybridized carbons (Fsp3) is 0.118. The first kappa shape index (κ1) is 13.9. The highest BCUT2D eigenvalue weighted by Gasteiger charge is 2.12. The van der Waals surface area contributed by atoms with E-state index in [4.69, 9.17) is 0 Å². The molecular formula is C17H15N5S. The second kappa shape index (κ2) is 5.48. The highest BCUT2D eigenvalue weighted by atomic mass is 32.1. The zero-order valence-electron chi connectivity index (χ0n) is 12.8. The Bertz CT molecular complexity index is 985. The molecule has 0 saturated heterocycles. The largest absolute Gasteiger partial charge is 0.316 e. The zero-order chi connectivity index (χ0) is 15.8. The Hall–Kier alpha value is -2.73. The van der Waals surface area contributed by atoms with Gasteiger partial charge >= 0.3 is 0 Å². The summed E-state index contributed by atoms with van der Waals surface area (Å²) in [6, 6.07) is 12.0. The number of aryl methyl sites for hydroxylation is 2. The number of thiophene rings is 1. The molecule has 4 aromatic rings. The van der Waals surface area contributed by atoms with Crippen LogP contribution in [-0.4, -0.2) is 19.4 Å². The van der Waals surface area contributed by atoms with Gasteiger partial charge in [0.05, 0.1) is 22.1 Å². The predicted molar refractivity (Wildman–Crippen MR) is 93.3 cm³/mol. The zero-order valence-corrected chi connectivity index (χ0v) is 13.6. The molecule has 5 nitrogen and oxygen atoms in total. The second-order valence-corrected chi connectivity index (χ2v) is 6.56. The maximum Gasteiger partial charge on any atom is 0.228 e. The third-order valence-corrected chi connectivity index (χ3v) is 4.49. The Kier molecular flexibility index (Phi) is 3.31. The number of imidazole rings is 1. The molecule has 0 radical (unpaired) electrons. The van der Waals surface area contributed by atoms with E-state index in [-0.39, 0.29) is 0 Å². The lowest BCUT2D eigenvalue weighted by atomic mass is 10.2. The number of nitrogens with zero attached hydrogens (tertiary/aromatic N) is 4. The Balaban J connectivity index is 1.77. The summed E-state index contributed by atoms with van der Waals surface area (Å²) in [4.78, 5) is 14.8. The number of pyridine rings is 1. The summed E-state index contributed by atoms with van der Waals surface area (Å²) in [6.07, 6.45) is 3.77. The van der Waals surface area contributed by atoms with Gasteiger partial charge in [0.15, 0.2) is 0 Å².